The highest BCUT2D eigenvalue weighted by atomic mass is 79.9. The largest absolute Gasteiger partial charge is 0.122 e. The zero-order chi connectivity index (χ0) is 10.4. The average molecular weight is 272 g/mol. The monoisotopic (exact) mass is 270 g/mol. The summed E-state index contributed by atoms with van der Waals surface area (Å²) in [7, 11) is 0. The molecule has 1 atom stereocenters. The summed E-state index contributed by atoms with van der Waals surface area (Å²) in [6.45, 7) is 3.68. The molecule has 1 aromatic carbocycles. The van der Waals surface area contributed by atoms with Crippen LogP contribution in [-0.2, 0) is 5.88 Å². The van der Waals surface area contributed by atoms with Gasteiger partial charge in [-0.05, 0) is 11.1 Å². The molecule has 0 aliphatic carbocycles. The molecule has 0 aliphatic heterocycles. The summed E-state index contributed by atoms with van der Waals surface area (Å²) in [5, 5.41) is 0. The number of hydrogen-bond acceptors (Lipinski definition) is 0. The Morgan fingerprint density at radius 3 is 2.50 bits per heavy atom. The molecule has 0 fully saturated rings. The molecule has 74 valence electrons. The Labute approximate surface area is 98.4 Å². The average Bonchev–Trinajstić information content (AvgIpc) is 2.26. The standard InChI is InChI=1S/C12H12BrCl/c1-2-12(13)8-7-10-3-5-11(9-14)6-4-10/h2-8,12H,1,9H2. The molecule has 0 saturated heterocycles. The summed E-state index contributed by atoms with van der Waals surface area (Å²) in [6.07, 6.45) is 5.94. The number of allylic oxidation sites excluding steroid dienone is 2. The predicted molar refractivity (Wildman–Crippen MR) is 67.9 cm³/mol. The first-order valence-corrected chi connectivity index (χ1v) is 5.81. The Morgan fingerprint density at radius 1 is 1.36 bits per heavy atom. The molecule has 0 aliphatic rings. The van der Waals surface area contributed by atoms with Crippen molar-refractivity contribution in [2.24, 2.45) is 0 Å². The fraction of sp³-hybridized carbons (Fsp3) is 0.167. The molecule has 1 unspecified atom stereocenters. The Bertz CT molecular complexity index is 314. The molecular weight excluding hydrogens is 259 g/mol. The third kappa shape index (κ3) is 3.69. The maximum atomic E-state index is 5.69. The molecule has 0 bridgehead atoms. The second-order valence-electron chi connectivity index (χ2n) is 2.91. The van der Waals surface area contributed by atoms with E-state index < -0.39 is 0 Å². The van der Waals surface area contributed by atoms with Crippen molar-refractivity contribution in [3.63, 3.8) is 0 Å². The van der Waals surface area contributed by atoms with E-state index in [2.05, 4.69) is 40.7 Å². The summed E-state index contributed by atoms with van der Waals surface area (Å²) in [5.74, 6) is 0.567. The van der Waals surface area contributed by atoms with E-state index in [4.69, 9.17) is 11.6 Å². The molecule has 0 spiro atoms. The highest BCUT2D eigenvalue weighted by molar-refractivity contribution is 9.09. The van der Waals surface area contributed by atoms with Crippen LogP contribution >= 0.6 is 27.5 Å². The summed E-state index contributed by atoms with van der Waals surface area (Å²) >= 11 is 9.13. The molecule has 2 heteroatoms. The van der Waals surface area contributed by atoms with E-state index >= 15 is 0 Å². The molecule has 0 heterocycles. The van der Waals surface area contributed by atoms with Crippen molar-refractivity contribution in [2.45, 2.75) is 10.7 Å². The minimum absolute atomic E-state index is 0.232. The van der Waals surface area contributed by atoms with Crippen LogP contribution in [-0.4, -0.2) is 4.83 Å². The van der Waals surface area contributed by atoms with Gasteiger partial charge >= 0.3 is 0 Å². The topological polar surface area (TPSA) is 0 Å². The van der Waals surface area contributed by atoms with Crippen LogP contribution in [0.1, 0.15) is 11.1 Å². The Kier molecular flexibility index (Phi) is 4.99. The lowest BCUT2D eigenvalue weighted by Crippen LogP contribution is -1.83. The zero-order valence-electron chi connectivity index (χ0n) is 7.79. The third-order valence-corrected chi connectivity index (χ3v) is 2.82. The van der Waals surface area contributed by atoms with Gasteiger partial charge in [0.25, 0.3) is 0 Å². The van der Waals surface area contributed by atoms with Gasteiger partial charge in [-0.25, -0.2) is 0 Å². The highest BCUT2D eigenvalue weighted by Gasteiger charge is 1.92. The van der Waals surface area contributed by atoms with E-state index in [1.807, 2.05) is 24.3 Å². The van der Waals surface area contributed by atoms with Crippen LogP contribution in [0, 0.1) is 0 Å². The molecule has 0 amide bonds. The molecule has 0 N–H and O–H groups in total. The van der Waals surface area contributed by atoms with E-state index in [0.717, 1.165) is 5.56 Å². The van der Waals surface area contributed by atoms with E-state index in [-0.39, 0.29) is 4.83 Å². The van der Waals surface area contributed by atoms with Crippen molar-refractivity contribution in [2.75, 3.05) is 0 Å². The first-order chi connectivity index (χ1) is 6.76. The van der Waals surface area contributed by atoms with Crippen LogP contribution < -0.4 is 0 Å². The lowest BCUT2D eigenvalue weighted by Gasteiger charge is -1.97. The maximum Gasteiger partial charge on any atom is 0.0506 e. The van der Waals surface area contributed by atoms with Gasteiger partial charge in [-0.3, -0.25) is 0 Å². The molecule has 1 rings (SSSR count). The van der Waals surface area contributed by atoms with Gasteiger partial charge in [-0.1, -0.05) is 58.4 Å². The van der Waals surface area contributed by atoms with Crippen LogP contribution in [0.3, 0.4) is 0 Å². The Morgan fingerprint density at radius 2 is 2.00 bits per heavy atom. The van der Waals surface area contributed by atoms with Crippen molar-refractivity contribution < 1.29 is 0 Å². The SMILES string of the molecule is C=CC(Br)C=Cc1ccc(CCl)cc1. The molecule has 0 nitrogen and oxygen atoms in total. The zero-order valence-corrected chi connectivity index (χ0v) is 10.1. The molecule has 0 radical (unpaired) electrons. The van der Waals surface area contributed by atoms with Gasteiger partial charge in [0, 0.05) is 5.88 Å². The molecule has 1 aromatic rings. The van der Waals surface area contributed by atoms with Crippen LogP contribution in [0.15, 0.2) is 43.0 Å². The summed E-state index contributed by atoms with van der Waals surface area (Å²) in [6, 6.07) is 8.17. The second-order valence-corrected chi connectivity index (χ2v) is 4.24. The number of hydrogen-bond donors (Lipinski definition) is 0. The number of benzene rings is 1. The highest BCUT2D eigenvalue weighted by Crippen LogP contribution is 2.10. The van der Waals surface area contributed by atoms with Crippen molar-refractivity contribution in [3.8, 4) is 0 Å². The Hall–Kier alpha value is -0.530. The van der Waals surface area contributed by atoms with E-state index in [0.29, 0.717) is 5.88 Å². The third-order valence-electron chi connectivity index (χ3n) is 1.83. The fourth-order valence-corrected chi connectivity index (χ4v) is 1.33. The molecular formula is C12H12BrCl. The van der Waals surface area contributed by atoms with Crippen molar-refractivity contribution in [3.05, 3.63) is 54.1 Å². The summed E-state index contributed by atoms with van der Waals surface area (Å²) in [5.41, 5.74) is 2.31. The van der Waals surface area contributed by atoms with Gasteiger partial charge in [-0.15, -0.1) is 18.2 Å². The van der Waals surface area contributed by atoms with Crippen molar-refractivity contribution in [1.82, 2.24) is 0 Å². The van der Waals surface area contributed by atoms with Gasteiger partial charge < -0.3 is 0 Å². The van der Waals surface area contributed by atoms with Crippen LogP contribution in [0.5, 0.6) is 0 Å². The smallest absolute Gasteiger partial charge is 0.0506 e. The number of halogens is 2. The maximum absolute atomic E-state index is 5.69. The van der Waals surface area contributed by atoms with Crippen LogP contribution in [0.25, 0.3) is 6.08 Å². The fourth-order valence-electron chi connectivity index (χ4n) is 0.999. The normalized spacial score (nSPS) is 13.0. The summed E-state index contributed by atoms with van der Waals surface area (Å²) < 4.78 is 0. The van der Waals surface area contributed by atoms with E-state index in [1.54, 1.807) is 0 Å². The second kappa shape index (κ2) is 6.05. The first-order valence-electron chi connectivity index (χ1n) is 4.36. The first kappa shape index (κ1) is 11.5. The van der Waals surface area contributed by atoms with Gasteiger partial charge in [0.05, 0.1) is 4.83 Å². The molecule has 14 heavy (non-hydrogen) atoms. The minimum Gasteiger partial charge on any atom is -0.122 e. The van der Waals surface area contributed by atoms with Gasteiger partial charge in [-0.2, -0.15) is 0 Å². The van der Waals surface area contributed by atoms with Crippen LogP contribution in [0.2, 0.25) is 0 Å². The Balaban J connectivity index is 2.68. The lowest BCUT2D eigenvalue weighted by molar-refractivity contribution is 1.39. The van der Waals surface area contributed by atoms with E-state index in [9.17, 15) is 0 Å². The van der Waals surface area contributed by atoms with Gasteiger partial charge in [0.15, 0.2) is 0 Å². The quantitative estimate of drug-likeness (QED) is 0.563. The summed E-state index contributed by atoms with van der Waals surface area (Å²) in [4.78, 5) is 0.232. The number of rotatable bonds is 4. The van der Waals surface area contributed by atoms with Gasteiger partial charge in [0.2, 0.25) is 0 Å². The lowest BCUT2D eigenvalue weighted by atomic mass is 10.1. The minimum atomic E-state index is 0.232. The predicted octanol–water partition coefficient (Wildman–Crippen LogP) is 4.39. The van der Waals surface area contributed by atoms with Gasteiger partial charge in [0.1, 0.15) is 0 Å². The molecule has 0 saturated carbocycles. The number of alkyl halides is 2. The van der Waals surface area contributed by atoms with Crippen molar-refractivity contribution >= 4 is 33.6 Å². The van der Waals surface area contributed by atoms with Crippen molar-refractivity contribution in [1.29, 1.82) is 0 Å². The van der Waals surface area contributed by atoms with E-state index in [1.165, 1.54) is 5.56 Å². The molecule has 0 aromatic heterocycles. The van der Waals surface area contributed by atoms with Crippen LogP contribution in [0.4, 0.5) is 0 Å².